The van der Waals surface area contributed by atoms with Crippen molar-refractivity contribution in [2.75, 3.05) is 19.1 Å². The Morgan fingerprint density at radius 1 is 1.37 bits per heavy atom. The molecule has 0 saturated carbocycles. The fourth-order valence-electron chi connectivity index (χ4n) is 3.46. The second kappa shape index (κ2) is 6.98. The van der Waals surface area contributed by atoms with E-state index >= 15 is 0 Å². The van der Waals surface area contributed by atoms with E-state index in [2.05, 4.69) is 18.5 Å². The van der Waals surface area contributed by atoms with Crippen molar-refractivity contribution >= 4 is 17.7 Å². The third-order valence-corrected chi connectivity index (χ3v) is 5.47. The minimum absolute atomic E-state index is 0.347. The molecule has 2 aliphatic rings. The normalized spacial score (nSPS) is 31.2. The van der Waals surface area contributed by atoms with Gasteiger partial charge in [-0.25, -0.2) is 0 Å². The first-order valence-corrected chi connectivity index (χ1v) is 9.00. The summed E-state index contributed by atoms with van der Waals surface area (Å²) in [5, 5.41) is 3.65. The minimum atomic E-state index is 0.347. The predicted octanol–water partition coefficient (Wildman–Crippen LogP) is 2.51. The summed E-state index contributed by atoms with van der Waals surface area (Å²) in [6.07, 6.45) is 9.02. The first-order chi connectivity index (χ1) is 9.10. The van der Waals surface area contributed by atoms with Gasteiger partial charge in [-0.1, -0.05) is 0 Å². The van der Waals surface area contributed by atoms with Gasteiger partial charge in [-0.3, -0.25) is 4.79 Å². The van der Waals surface area contributed by atoms with Crippen LogP contribution < -0.4 is 5.32 Å². The largest absolute Gasteiger partial charge is 0.343 e. The van der Waals surface area contributed by atoms with Crippen molar-refractivity contribution in [2.24, 2.45) is 5.92 Å². The van der Waals surface area contributed by atoms with Crippen LogP contribution in [-0.4, -0.2) is 48.0 Å². The molecule has 0 aromatic heterocycles. The zero-order valence-electron chi connectivity index (χ0n) is 12.5. The molecule has 2 aliphatic heterocycles. The Balaban J connectivity index is 1.77. The average molecular weight is 284 g/mol. The van der Waals surface area contributed by atoms with Crippen LogP contribution in [0.2, 0.25) is 0 Å². The van der Waals surface area contributed by atoms with Crippen molar-refractivity contribution < 1.29 is 4.79 Å². The SMILES string of the molecule is CSCCC(C)N(C)C(=O)CC1CC2CCC(C1)N2. The van der Waals surface area contributed by atoms with E-state index in [1.54, 1.807) is 0 Å². The second-order valence-electron chi connectivity index (χ2n) is 6.31. The maximum Gasteiger partial charge on any atom is 0.222 e. The molecule has 2 fully saturated rings. The van der Waals surface area contributed by atoms with E-state index in [0.29, 0.717) is 30.0 Å². The molecular formula is C15H28N2OS. The first-order valence-electron chi connectivity index (χ1n) is 7.60. The van der Waals surface area contributed by atoms with Gasteiger partial charge in [-0.15, -0.1) is 0 Å². The summed E-state index contributed by atoms with van der Waals surface area (Å²) < 4.78 is 0. The molecule has 1 N–H and O–H groups in total. The van der Waals surface area contributed by atoms with E-state index in [1.165, 1.54) is 25.7 Å². The van der Waals surface area contributed by atoms with E-state index in [4.69, 9.17) is 0 Å². The highest BCUT2D eigenvalue weighted by Gasteiger charge is 2.34. The van der Waals surface area contributed by atoms with Crippen LogP contribution in [0.1, 0.15) is 45.4 Å². The Kier molecular flexibility index (Phi) is 5.58. The summed E-state index contributed by atoms with van der Waals surface area (Å²) in [6.45, 7) is 2.17. The maximum absolute atomic E-state index is 12.3. The van der Waals surface area contributed by atoms with Crippen LogP contribution in [0.25, 0.3) is 0 Å². The van der Waals surface area contributed by atoms with Crippen molar-refractivity contribution in [3.63, 3.8) is 0 Å². The maximum atomic E-state index is 12.3. The first kappa shape index (κ1) is 15.2. The molecular weight excluding hydrogens is 256 g/mol. The van der Waals surface area contributed by atoms with Gasteiger partial charge in [0.05, 0.1) is 0 Å². The van der Waals surface area contributed by atoms with Gasteiger partial charge < -0.3 is 10.2 Å². The number of nitrogens with one attached hydrogen (secondary N) is 1. The van der Waals surface area contributed by atoms with Gasteiger partial charge >= 0.3 is 0 Å². The molecule has 0 radical (unpaired) electrons. The molecule has 0 aromatic rings. The number of amides is 1. The zero-order valence-corrected chi connectivity index (χ0v) is 13.3. The van der Waals surface area contributed by atoms with Crippen molar-refractivity contribution in [2.45, 2.75) is 63.6 Å². The molecule has 2 heterocycles. The Morgan fingerprint density at radius 2 is 2.00 bits per heavy atom. The molecule has 4 heteroatoms. The lowest BCUT2D eigenvalue weighted by Gasteiger charge is -2.31. The van der Waals surface area contributed by atoms with Crippen molar-refractivity contribution in [3.05, 3.63) is 0 Å². The molecule has 3 atom stereocenters. The van der Waals surface area contributed by atoms with Crippen LogP contribution >= 0.6 is 11.8 Å². The third kappa shape index (κ3) is 4.12. The summed E-state index contributed by atoms with van der Waals surface area (Å²) >= 11 is 1.86. The number of carbonyl (C=O) groups excluding carboxylic acids is 1. The van der Waals surface area contributed by atoms with Gasteiger partial charge in [0.15, 0.2) is 0 Å². The van der Waals surface area contributed by atoms with Crippen LogP contribution in [0.15, 0.2) is 0 Å². The number of nitrogens with zero attached hydrogens (tertiary/aromatic N) is 1. The Labute approximate surface area is 121 Å². The Hall–Kier alpha value is -0.220. The van der Waals surface area contributed by atoms with Crippen LogP contribution in [-0.2, 0) is 4.79 Å². The van der Waals surface area contributed by atoms with E-state index in [1.807, 2.05) is 23.7 Å². The van der Waals surface area contributed by atoms with E-state index in [9.17, 15) is 4.79 Å². The molecule has 0 aromatic carbocycles. The number of thioether (sulfide) groups is 1. The lowest BCUT2D eigenvalue weighted by molar-refractivity contribution is -0.133. The van der Waals surface area contributed by atoms with Gasteiger partial charge in [0, 0.05) is 31.6 Å². The monoisotopic (exact) mass is 284 g/mol. The minimum Gasteiger partial charge on any atom is -0.343 e. The number of carbonyl (C=O) groups is 1. The smallest absolute Gasteiger partial charge is 0.222 e. The van der Waals surface area contributed by atoms with E-state index < -0.39 is 0 Å². The molecule has 2 rings (SSSR count). The fraction of sp³-hybridized carbons (Fsp3) is 0.933. The lowest BCUT2D eigenvalue weighted by Crippen LogP contribution is -2.41. The average Bonchev–Trinajstić information content (AvgIpc) is 2.74. The van der Waals surface area contributed by atoms with Gasteiger partial charge in [-0.05, 0) is 57.0 Å². The number of piperidine rings is 1. The van der Waals surface area contributed by atoms with Crippen LogP contribution in [0.3, 0.4) is 0 Å². The van der Waals surface area contributed by atoms with Gasteiger partial charge in [0.2, 0.25) is 5.91 Å². The molecule has 2 bridgehead atoms. The van der Waals surface area contributed by atoms with Crippen molar-refractivity contribution in [1.29, 1.82) is 0 Å². The van der Waals surface area contributed by atoms with Crippen LogP contribution in [0, 0.1) is 5.92 Å². The molecule has 0 spiro atoms. The Morgan fingerprint density at radius 3 is 2.58 bits per heavy atom. The topological polar surface area (TPSA) is 32.3 Å². The molecule has 3 unspecified atom stereocenters. The van der Waals surface area contributed by atoms with Crippen LogP contribution in [0.5, 0.6) is 0 Å². The summed E-state index contributed by atoms with van der Waals surface area (Å²) in [6, 6.07) is 1.75. The molecule has 2 saturated heterocycles. The highest BCUT2D eigenvalue weighted by atomic mass is 32.2. The predicted molar refractivity (Wildman–Crippen MR) is 82.5 cm³/mol. The molecule has 3 nitrogen and oxygen atoms in total. The van der Waals surface area contributed by atoms with E-state index in [-0.39, 0.29) is 0 Å². The van der Waals surface area contributed by atoms with Crippen molar-refractivity contribution in [1.82, 2.24) is 10.2 Å². The second-order valence-corrected chi connectivity index (χ2v) is 7.30. The highest BCUT2D eigenvalue weighted by molar-refractivity contribution is 7.98. The van der Waals surface area contributed by atoms with Crippen LogP contribution in [0.4, 0.5) is 0 Å². The van der Waals surface area contributed by atoms with Gasteiger partial charge in [-0.2, -0.15) is 11.8 Å². The number of rotatable bonds is 6. The number of hydrogen-bond donors (Lipinski definition) is 1. The third-order valence-electron chi connectivity index (χ3n) is 4.83. The number of hydrogen-bond acceptors (Lipinski definition) is 3. The van der Waals surface area contributed by atoms with Crippen molar-refractivity contribution in [3.8, 4) is 0 Å². The molecule has 0 aliphatic carbocycles. The summed E-state index contributed by atoms with van der Waals surface area (Å²) in [5.74, 6) is 2.09. The summed E-state index contributed by atoms with van der Waals surface area (Å²) in [5.41, 5.74) is 0. The highest BCUT2D eigenvalue weighted by Crippen LogP contribution is 2.33. The fourth-order valence-corrected chi connectivity index (χ4v) is 4.04. The number of fused-ring (bicyclic) bond motifs is 2. The zero-order chi connectivity index (χ0) is 13.8. The molecule has 1 amide bonds. The van der Waals surface area contributed by atoms with Gasteiger partial charge in [0.25, 0.3) is 0 Å². The quantitative estimate of drug-likeness (QED) is 0.813. The van der Waals surface area contributed by atoms with Gasteiger partial charge in [0.1, 0.15) is 0 Å². The standard InChI is InChI=1S/C15H28N2OS/c1-11(6-7-19-3)17(2)15(18)10-12-8-13-4-5-14(9-12)16-13/h11-14,16H,4-10H2,1-3H3. The summed E-state index contributed by atoms with van der Waals surface area (Å²) in [7, 11) is 1.98. The summed E-state index contributed by atoms with van der Waals surface area (Å²) in [4.78, 5) is 14.3. The molecule has 19 heavy (non-hydrogen) atoms. The Bertz CT molecular complexity index is 299. The van der Waals surface area contributed by atoms with E-state index in [0.717, 1.165) is 18.6 Å². The lowest BCUT2D eigenvalue weighted by atomic mass is 9.89. The molecule has 110 valence electrons.